The minimum absolute atomic E-state index is 0.138. The Morgan fingerprint density at radius 3 is 2.42 bits per heavy atom. The van der Waals surface area contributed by atoms with Crippen LogP contribution in [0.4, 0.5) is 17.1 Å². The number of carbonyl (C=O) groups excluding carboxylic acids is 2. The van der Waals surface area contributed by atoms with E-state index in [1.54, 1.807) is 6.07 Å². The first-order valence-corrected chi connectivity index (χ1v) is 12.5. The minimum Gasteiger partial charge on any atom is -0.353 e. The number of pyridine rings is 1. The first-order valence-electron chi connectivity index (χ1n) is 10.7. The van der Waals surface area contributed by atoms with Crippen molar-refractivity contribution in [1.82, 2.24) is 15.8 Å². The third-order valence-corrected chi connectivity index (χ3v) is 6.86. The third kappa shape index (κ3) is 5.42. The molecule has 2 amide bonds. The smallest absolute Gasteiger partial charge is 0.278 e. The molecular weight excluding hydrogens is 446 g/mol. The number of hydroxylamine groups is 1. The van der Waals surface area contributed by atoms with E-state index < -0.39 is 15.9 Å². The van der Waals surface area contributed by atoms with Crippen LogP contribution in [-0.2, 0) is 14.9 Å². The second kappa shape index (κ2) is 8.99. The van der Waals surface area contributed by atoms with Gasteiger partial charge in [0.05, 0.1) is 36.0 Å². The van der Waals surface area contributed by atoms with Crippen molar-refractivity contribution in [3.05, 3.63) is 47.3 Å². The van der Waals surface area contributed by atoms with Crippen molar-refractivity contribution in [3.63, 3.8) is 0 Å². The van der Waals surface area contributed by atoms with Gasteiger partial charge in [-0.3, -0.25) is 23.7 Å². The predicted octanol–water partition coefficient (Wildman–Crippen LogP) is 2.28. The summed E-state index contributed by atoms with van der Waals surface area (Å²) in [5, 5.41) is 6.01. The van der Waals surface area contributed by atoms with Crippen LogP contribution in [0.25, 0.3) is 0 Å². The quantitative estimate of drug-likeness (QED) is 0.477. The normalized spacial score (nSPS) is 15.6. The molecule has 2 fully saturated rings. The zero-order valence-electron chi connectivity index (χ0n) is 18.7. The van der Waals surface area contributed by atoms with Crippen molar-refractivity contribution >= 4 is 38.9 Å². The molecule has 2 aliphatic carbocycles. The molecule has 1 heterocycles. The van der Waals surface area contributed by atoms with E-state index >= 15 is 0 Å². The van der Waals surface area contributed by atoms with Crippen molar-refractivity contribution in [2.75, 3.05) is 30.0 Å². The van der Waals surface area contributed by atoms with Gasteiger partial charge in [-0.05, 0) is 55.4 Å². The Balaban J connectivity index is 1.74. The van der Waals surface area contributed by atoms with Gasteiger partial charge in [0.2, 0.25) is 10.0 Å². The SMILES string of the molecule is CONC(=O)c1cnc(C(=O)NC2CC2)cc1Nc1ccc(C2CC2)cc1N(C)S(C)(=O)=O. The average molecular weight is 474 g/mol. The van der Waals surface area contributed by atoms with Crippen LogP contribution in [0.2, 0.25) is 0 Å². The molecule has 0 radical (unpaired) electrons. The number of benzene rings is 1. The number of anilines is 3. The highest BCUT2D eigenvalue weighted by molar-refractivity contribution is 7.92. The Kier molecular flexibility index (Phi) is 6.26. The maximum atomic E-state index is 12.5. The number of hydrogen-bond donors (Lipinski definition) is 3. The van der Waals surface area contributed by atoms with Crippen LogP contribution in [-0.4, -0.2) is 51.7 Å². The van der Waals surface area contributed by atoms with E-state index in [0.29, 0.717) is 23.0 Å². The summed E-state index contributed by atoms with van der Waals surface area (Å²) in [6.45, 7) is 0. The molecule has 0 bridgehead atoms. The van der Waals surface area contributed by atoms with E-state index in [-0.39, 0.29) is 23.2 Å². The molecule has 3 N–H and O–H groups in total. The molecule has 2 saturated carbocycles. The summed E-state index contributed by atoms with van der Waals surface area (Å²) in [7, 11) is -0.749. The van der Waals surface area contributed by atoms with Crippen LogP contribution < -0.4 is 20.4 Å². The van der Waals surface area contributed by atoms with Gasteiger partial charge in [0, 0.05) is 19.3 Å². The monoisotopic (exact) mass is 473 g/mol. The number of aromatic nitrogens is 1. The van der Waals surface area contributed by atoms with Crippen LogP contribution in [0, 0.1) is 0 Å². The lowest BCUT2D eigenvalue weighted by Crippen LogP contribution is -2.28. The van der Waals surface area contributed by atoms with E-state index in [9.17, 15) is 18.0 Å². The predicted molar refractivity (Wildman–Crippen MR) is 124 cm³/mol. The van der Waals surface area contributed by atoms with Crippen molar-refractivity contribution < 1.29 is 22.8 Å². The lowest BCUT2D eigenvalue weighted by molar-refractivity contribution is 0.0538. The molecular formula is C22H27N5O5S. The summed E-state index contributed by atoms with van der Waals surface area (Å²) < 4.78 is 25.8. The largest absolute Gasteiger partial charge is 0.353 e. The molecule has 1 aromatic heterocycles. The lowest BCUT2D eigenvalue weighted by Gasteiger charge is -2.23. The summed E-state index contributed by atoms with van der Waals surface area (Å²) >= 11 is 0. The molecule has 176 valence electrons. The zero-order valence-corrected chi connectivity index (χ0v) is 19.5. The van der Waals surface area contributed by atoms with Crippen LogP contribution >= 0.6 is 0 Å². The van der Waals surface area contributed by atoms with E-state index in [1.807, 2.05) is 12.1 Å². The number of nitrogens with zero attached hydrogens (tertiary/aromatic N) is 2. The molecule has 0 aliphatic heterocycles. The number of hydrogen-bond acceptors (Lipinski definition) is 7. The maximum absolute atomic E-state index is 12.5. The molecule has 4 rings (SSSR count). The number of amides is 2. The summed E-state index contributed by atoms with van der Waals surface area (Å²) in [6.07, 6.45) is 6.42. The van der Waals surface area contributed by atoms with Gasteiger partial charge in [0.1, 0.15) is 5.69 Å². The molecule has 0 spiro atoms. The van der Waals surface area contributed by atoms with Gasteiger partial charge in [0.15, 0.2) is 0 Å². The molecule has 1 aromatic carbocycles. The van der Waals surface area contributed by atoms with Crippen LogP contribution in [0.15, 0.2) is 30.5 Å². The third-order valence-electron chi connectivity index (χ3n) is 5.67. The van der Waals surface area contributed by atoms with Gasteiger partial charge in [-0.15, -0.1) is 0 Å². The van der Waals surface area contributed by atoms with Crippen LogP contribution in [0.5, 0.6) is 0 Å². The minimum atomic E-state index is -3.54. The highest BCUT2D eigenvalue weighted by Crippen LogP contribution is 2.43. The molecule has 0 saturated heterocycles. The summed E-state index contributed by atoms with van der Waals surface area (Å²) in [5.74, 6) is -0.474. The fourth-order valence-corrected chi connectivity index (χ4v) is 3.92. The van der Waals surface area contributed by atoms with Gasteiger partial charge in [-0.25, -0.2) is 13.9 Å². The van der Waals surface area contributed by atoms with Crippen molar-refractivity contribution in [3.8, 4) is 0 Å². The fraction of sp³-hybridized carbons (Fsp3) is 0.409. The van der Waals surface area contributed by atoms with Gasteiger partial charge < -0.3 is 10.6 Å². The van der Waals surface area contributed by atoms with Gasteiger partial charge in [-0.1, -0.05) is 6.07 Å². The second-order valence-corrected chi connectivity index (χ2v) is 10.4. The molecule has 33 heavy (non-hydrogen) atoms. The summed E-state index contributed by atoms with van der Waals surface area (Å²) in [6, 6.07) is 7.19. The molecule has 2 aliphatic rings. The van der Waals surface area contributed by atoms with Crippen LogP contribution in [0.1, 0.15) is 58.0 Å². The highest BCUT2D eigenvalue weighted by atomic mass is 32.2. The Hall–Kier alpha value is -3.18. The molecule has 0 atom stereocenters. The molecule has 11 heteroatoms. The van der Waals surface area contributed by atoms with E-state index in [2.05, 4.69) is 21.1 Å². The Morgan fingerprint density at radius 1 is 1.09 bits per heavy atom. The Bertz CT molecular complexity index is 1190. The fourth-order valence-electron chi connectivity index (χ4n) is 3.41. The Morgan fingerprint density at radius 2 is 1.82 bits per heavy atom. The Labute approximate surface area is 192 Å². The van der Waals surface area contributed by atoms with Crippen molar-refractivity contribution in [2.45, 2.75) is 37.6 Å². The topological polar surface area (TPSA) is 130 Å². The molecule has 0 unspecified atom stereocenters. The average Bonchev–Trinajstić information content (AvgIpc) is 3.67. The van der Waals surface area contributed by atoms with Gasteiger partial charge >= 0.3 is 0 Å². The number of sulfonamides is 1. The van der Waals surface area contributed by atoms with Gasteiger partial charge in [-0.2, -0.15) is 0 Å². The molecule has 2 aromatic rings. The number of nitrogens with one attached hydrogen (secondary N) is 3. The second-order valence-electron chi connectivity index (χ2n) is 8.40. The lowest BCUT2D eigenvalue weighted by atomic mass is 10.1. The van der Waals surface area contributed by atoms with E-state index in [1.165, 1.54) is 30.7 Å². The van der Waals surface area contributed by atoms with E-state index in [4.69, 9.17) is 4.84 Å². The number of rotatable bonds is 9. The summed E-state index contributed by atoms with van der Waals surface area (Å²) in [5.41, 5.74) is 4.80. The van der Waals surface area contributed by atoms with Crippen LogP contribution in [0.3, 0.4) is 0 Å². The maximum Gasteiger partial charge on any atom is 0.278 e. The summed E-state index contributed by atoms with van der Waals surface area (Å²) in [4.78, 5) is 33.9. The molecule has 10 nitrogen and oxygen atoms in total. The van der Waals surface area contributed by atoms with Crippen molar-refractivity contribution in [1.29, 1.82) is 0 Å². The standard InChI is InChI=1S/C22H27N5O5S/c1-27(33(3,30)31)20-10-14(13-4-5-13)6-9-17(20)25-18-11-19(22(29)24-15-7-8-15)23-12-16(18)21(28)26-32-2/h6,9-13,15H,4-5,7-8H2,1-3H3,(H,23,25)(H,24,29)(H,26,28). The van der Waals surface area contributed by atoms with E-state index in [0.717, 1.165) is 37.5 Å². The zero-order chi connectivity index (χ0) is 23.8. The first-order chi connectivity index (χ1) is 15.7. The van der Waals surface area contributed by atoms with Crippen molar-refractivity contribution in [2.24, 2.45) is 0 Å². The highest BCUT2D eigenvalue weighted by Gasteiger charge is 2.27. The number of carbonyl (C=O) groups is 2. The van der Waals surface area contributed by atoms with Gasteiger partial charge in [0.25, 0.3) is 11.8 Å². The first kappa shape index (κ1) is 23.0.